The van der Waals surface area contributed by atoms with Crippen molar-refractivity contribution in [1.29, 1.82) is 0 Å². The van der Waals surface area contributed by atoms with E-state index in [4.69, 9.17) is 0 Å². The molecule has 0 unspecified atom stereocenters. The fourth-order valence-corrected chi connectivity index (χ4v) is 4.82. The molecule has 0 amide bonds. The standard InChI is InChI=1S/C19H20N3O2S2/c1-3-8-15-11-13-17(14-12-15)26(23,24)22(4-2)19-20-18(21-25-19)16-9-6-5-7-10-16/h5-7,9-14H,2-4,8H2,1H3. The summed E-state index contributed by atoms with van der Waals surface area (Å²) in [6, 6.07) is 16.5. The van der Waals surface area contributed by atoms with Gasteiger partial charge in [-0.3, -0.25) is 0 Å². The first-order chi connectivity index (χ1) is 12.6. The molecule has 1 heterocycles. The summed E-state index contributed by atoms with van der Waals surface area (Å²) in [5.74, 6) is 0.512. The van der Waals surface area contributed by atoms with Crippen LogP contribution in [0.4, 0.5) is 5.13 Å². The fourth-order valence-electron chi connectivity index (χ4n) is 2.58. The molecule has 0 N–H and O–H groups in total. The molecule has 1 aromatic heterocycles. The van der Waals surface area contributed by atoms with E-state index in [1.807, 2.05) is 42.5 Å². The molecule has 0 aliphatic carbocycles. The van der Waals surface area contributed by atoms with Crippen LogP contribution < -0.4 is 4.31 Å². The van der Waals surface area contributed by atoms with Crippen molar-refractivity contribution in [3.63, 3.8) is 0 Å². The van der Waals surface area contributed by atoms with E-state index in [0.717, 1.165) is 35.5 Å². The van der Waals surface area contributed by atoms with Crippen LogP contribution in [0.25, 0.3) is 11.4 Å². The molecule has 26 heavy (non-hydrogen) atoms. The van der Waals surface area contributed by atoms with Gasteiger partial charge in [0, 0.05) is 23.6 Å². The topological polar surface area (TPSA) is 63.2 Å². The highest BCUT2D eigenvalue weighted by molar-refractivity contribution is 7.93. The summed E-state index contributed by atoms with van der Waals surface area (Å²) < 4.78 is 31.5. The zero-order valence-electron chi connectivity index (χ0n) is 14.5. The number of nitrogens with zero attached hydrogens (tertiary/aromatic N) is 3. The van der Waals surface area contributed by atoms with Crippen LogP contribution in [0, 0.1) is 6.92 Å². The lowest BCUT2D eigenvalue weighted by Gasteiger charge is -2.19. The third kappa shape index (κ3) is 3.78. The Kier molecular flexibility index (Phi) is 5.68. The molecular formula is C19H20N3O2S2. The van der Waals surface area contributed by atoms with E-state index < -0.39 is 10.0 Å². The lowest BCUT2D eigenvalue weighted by Crippen LogP contribution is -2.30. The first-order valence-electron chi connectivity index (χ1n) is 8.36. The molecule has 2 aromatic carbocycles. The third-order valence-corrected chi connectivity index (χ3v) is 6.57. The van der Waals surface area contributed by atoms with Crippen LogP contribution >= 0.6 is 11.5 Å². The molecule has 0 bridgehead atoms. The van der Waals surface area contributed by atoms with Crippen LogP contribution in [0.3, 0.4) is 0 Å². The number of hydrogen-bond donors (Lipinski definition) is 0. The van der Waals surface area contributed by atoms with E-state index in [2.05, 4.69) is 23.2 Å². The molecule has 0 spiro atoms. The Morgan fingerprint density at radius 1 is 1.08 bits per heavy atom. The summed E-state index contributed by atoms with van der Waals surface area (Å²) in [6.07, 6.45) is 1.94. The van der Waals surface area contributed by atoms with Crippen LogP contribution in [0.5, 0.6) is 0 Å². The van der Waals surface area contributed by atoms with E-state index in [1.165, 1.54) is 4.31 Å². The van der Waals surface area contributed by atoms with Gasteiger partial charge in [-0.05, 0) is 31.0 Å². The van der Waals surface area contributed by atoms with Crippen LogP contribution in [0.1, 0.15) is 18.9 Å². The Morgan fingerprint density at radius 3 is 2.38 bits per heavy atom. The van der Waals surface area contributed by atoms with E-state index in [-0.39, 0.29) is 11.4 Å². The average molecular weight is 387 g/mol. The van der Waals surface area contributed by atoms with Gasteiger partial charge in [0.05, 0.1) is 4.90 Å². The van der Waals surface area contributed by atoms with Gasteiger partial charge in [0.1, 0.15) is 0 Å². The number of anilines is 1. The van der Waals surface area contributed by atoms with Gasteiger partial charge in [0.15, 0.2) is 5.82 Å². The molecule has 5 nitrogen and oxygen atoms in total. The molecule has 0 saturated heterocycles. The lowest BCUT2D eigenvalue weighted by atomic mass is 10.1. The predicted octanol–water partition coefficient (Wildman–Crippen LogP) is 4.19. The molecule has 7 heteroatoms. The normalized spacial score (nSPS) is 11.5. The SMILES string of the molecule is [CH2]CN(c1nc(-c2ccccc2)ns1)S(=O)(=O)c1ccc(CCC)cc1. The molecule has 3 aromatic rings. The highest BCUT2D eigenvalue weighted by Gasteiger charge is 2.26. The van der Waals surface area contributed by atoms with Crippen molar-refractivity contribution < 1.29 is 8.42 Å². The monoisotopic (exact) mass is 386 g/mol. The van der Waals surface area contributed by atoms with Crippen molar-refractivity contribution in [3.05, 3.63) is 67.1 Å². The quantitative estimate of drug-likeness (QED) is 0.611. The number of benzene rings is 2. The molecule has 135 valence electrons. The van der Waals surface area contributed by atoms with Gasteiger partial charge in [0.2, 0.25) is 5.13 Å². The highest BCUT2D eigenvalue weighted by atomic mass is 32.2. The second-order valence-electron chi connectivity index (χ2n) is 5.74. The Bertz CT molecular complexity index is 952. The molecule has 1 radical (unpaired) electrons. The van der Waals surface area contributed by atoms with Crippen molar-refractivity contribution in [3.8, 4) is 11.4 Å². The minimum Gasteiger partial charge on any atom is -0.240 e. The van der Waals surface area contributed by atoms with Crippen LogP contribution in [-0.2, 0) is 16.4 Å². The van der Waals surface area contributed by atoms with Gasteiger partial charge in [0.25, 0.3) is 10.0 Å². The van der Waals surface area contributed by atoms with Crippen LogP contribution in [0.2, 0.25) is 0 Å². The van der Waals surface area contributed by atoms with Crippen molar-refractivity contribution in [1.82, 2.24) is 9.36 Å². The van der Waals surface area contributed by atoms with Gasteiger partial charge >= 0.3 is 0 Å². The van der Waals surface area contributed by atoms with E-state index >= 15 is 0 Å². The second kappa shape index (κ2) is 7.97. The predicted molar refractivity (Wildman–Crippen MR) is 106 cm³/mol. The number of aromatic nitrogens is 2. The molecular weight excluding hydrogens is 366 g/mol. The fraction of sp³-hybridized carbons (Fsp3) is 0.211. The van der Waals surface area contributed by atoms with Crippen LogP contribution in [0.15, 0.2) is 59.5 Å². The number of hydrogen-bond acceptors (Lipinski definition) is 5. The van der Waals surface area contributed by atoms with Gasteiger partial charge in [-0.15, -0.1) is 0 Å². The highest BCUT2D eigenvalue weighted by Crippen LogP contribution is 2.28. The summed E-state index contributed by atoms with van der Waals surface area (Å²) >= 11 is 1.06. The Hall–Kier alpha value is -2.25. The molecule has 0 aliphatic rings. The van der Waals surface area contributed by atoms with Crippen molar-refractivity contribution in [2.45, 2.75) is 24.7 Å². The van der Waals surface area contributed by atoms with Gasteiger partial charge in [-0.1, -0.05) is 55.8 Å². The average Bonchev–Trinajstić information content (AvgIpc) is 3.13. The number of aryl methyl sites for hydroxylation is 1. The minimum absolute atomic E-state index is 0.0441. The maximum Gasteiger partial charge on any atom is 0.266 e. The first kappa shape index (κ1) is 18.5. The van der Waals surface area contributed by atoms with Crippen molar-refractivity contribution in [2.75, 3.05) is 10.8 Å². The Labute approximate surface area is 158 Å². The van der Waals surface area contributed by atoms with Gasteiger partial charge < -0.3 is 0 Å². The van der Waals surface area contributed by atoms with Crippen molar-refractivity contribution in [2.24, 2.45) is 0 Å². The number of rotatable bonds is 7. The first-order valence-corrected chi connectivity index (χ1v) is 10.6. The van der Waals surface area contributed by atoms with E-state index in [1.54, 1.807) is 12.1 Å². The summed E-state index contributed by atoms with van der Waals surface area (Å²) in [7, 11) is -3.73. The molecule has 0 atom stereocenters. The maximum atomic E-state index is 13.0. The summed E-state index contributed by atoms with van der Waals surface area (Å²) in [5.41, 5.74) is 1.97. The zero-order valence-corrected chi connectivity index (χ0v) is 16.1. The zero-order chi connectivity index (χ0) is 18.6. The molecule has 0 fully saturated rings. The summed E-state index contributed by atoms with van der Waals surface area (Å²) in [4.78, 5) is 4.64. The smallest absolute Gasteiger partial charge is 0.240 e. The molecule has 0 aliphatic heterocycles. The summed E-state index contributed by atoms with van der Waals surface area (Å²) in [6.45, 7) is 5.91. The Balaban J connectivity index is 1.91. The third-order valence-electron chi connectivity index (χ3n) is 3.91. The van der Waals surface area contributed by atoms with Crippen LogP contribution in [-0.4, -0.2) is 24.3 Å². The molecule has 3 rings (SSSR count). The second-order valence-corrected chi connectivity index (χ2v) is 8.33. The lowest BCUT2D eigenvalue weighted by molar-refractivity contribution is 0.592. The maximum absolute atomic E-state index is 13.0. The van der Waals surface area contributed by atoms with E-state index in [9.17, 15) is 8.42 Å². The van der Waals surface area contributed by atoms with E-state index in [0.29, 0.717) is 11.0 Å². The van der Waals surface area contributed by atoms with Gasteiger partial charge in [-0.25, -0.2) is 12.7 Å². The Morgan fingerprint density at radius 2 is 1.77 bits per heavy atom. The largest absolute Gasteiger partial charge is 0.266 e. The summed E-state index contributed by atoms with van der Waals surface area (Å²) in [5, 5.41) is 0.316. The van der Waals surface area contributed by atoms with Crippen molar-refractivity contribution >= 4 is 26.7 Å². The van der Waals surface area contributed by atoms with Gasteiger partial charge in [-0.2, -0.15) is 9.36 Å². The minimum atomic E-state index is -3.73. The molecule has 0 saturated carbocycles. The number of sulfonamides is 1.